The standard InChI is InChI=1S/C10H9FO3/c11-9-7(6-12)2-1-3-8(9)10-13-4-5-14-10/h1-3,6,10H,4-5H2. The highest BCUT2D eigenvalue weighted by atomic mass is 19.1. The Morgan fingerprint density at radius 1 is 1.36 bits per heavy atom. The molecule has 1 aliphatic heterocycles. The van der Waals surface area contributed by atoms with E-state index in [2.05, 4.69) is 0 Å². The van der Waals surface area contributed by atoms with Crippen molar-refractivity contribution >= 4 is 6.29 Å². The van der Waals surface area contributed by atoms with Crippen LogP contribution in [0.2, 0.25) is 0 Å². The van der Waals surface area contributed by atoms with E-state index in [9.17, 15) is 9.18 Å². The molecule has 0 aliphatic carbocycles. The number of aldehydes is 1. The molecule has 0 aromatic heterocycles. The van der Waals surface area contributed by atoms with Crippen LogP contribution in [0, 0.1) is 5.82 Å². The van der Waals surface area contributed by atoms with Gasteiger partial charge in [0.2, 0.25) is 0 Å². The van der Waals surface area contributed by atoms with Crippen molar-refractivity contribution < 1.29 is 18.7 Å². The molecule has 4 heteroatoms. The zero-order valence-electron chi connectivity index (χ0n) is 7.40. The lowest BCUT2D eigenvalue weighted by molar-refractivity contribution is -0.0465. The number of ether oxygens (including phenoxy) is 2. The maximum atomic E-state index is 13.5. The minimum atomic E-state index is -0.671. The van der Waals surface area contributed by atoms with E-state index in [0.717, 1.165) is 0 Å². The van der Waals surface area contributed by atoms with Crippen molar-refractivity contribution in [3.05, 3.63) is 35.1 Å². The lowest BCUT2D eigenvalue weighted by Gasteiger charge is -2.10. The zero-order chi connectivity index (χ0) is 9.97. The van der Waals surface area contributed by atoms with Crippen molar-refractivity contribution in [2.45, 2.75) is 6.29 Å². The summed E-state index contributed by atoms with van der Waals surface area (Å²) in [6, 6.07) is 4.58. The first kappa shape index (κ1) is 9.30. The van der Waals surface area contributed by atoms with Crippen LogP contribution in [0.15, 0.2) is 18.2 Å². The first-order valence-corrected chi connectivity index (χ1v) is 4.29. The summed E-state index contributed by atoms with van der Waals surface area (Å²) < 4.78 is 23.8. The Labute approximate surface area is 80.4 Å². The SMILES string of the molecule is O=Cc1cccc(C2OCCO2)c1F. The second kappa shape index (κ2) is 3.86. The number of benzene rings is 1. The molecule has 0 atom stereocenters. The van der Waals surface area contributed by atoms with Crippen LogP contribution in [-0.2, 0) is 9.47 Å². The van der Waals surface area contributed by atoms with Crippen molar-refractivity contribution in [2.24, 2.45) is 0 Å². The van der Waals surface area contributed by atoms with Gasteiger partial charge >= 0.3 is 0 Å². The lowest BCUT2D eigenvalue weighted by Crippen LogP contribution is -2.03. The zero-order valence-corrected chi connectivity index (χ0v) is 7.40. The first-order chi connectivity index (χ1) is 6.83. The average molecular weight is 196 g/mol. The van der Waals surface area contributed by atoms with Crippen LogP contribution in [-0.4, -0.2) is 19.5 Å². The predicted octanol–water partition coefficient (Wildman–Crippen LogP) is 1.68. The Morgan fingerprint density at radius 3 is 2.71 bits per heavy atom. The smallest absolute Gasteiger partial charge is 0.186 e. The molecule has 1 heterocycles. The van der Waals surface area contributed by atoms with Crippen molar-refractivity contribution in [1.82, 2.24) is 0 Å². The summed E-state index contributed by atoms with van der Waals surface area (Å²) in [6.07, 6.45) is -0.191. The fraction of sp³-hybridized carbons (Fsp3) is 0.300. The molecule has 0 bridgehead atoms. The molecule has 1 saturated heterocycles. The Balaban J connectivity index is 2.36. The first-order valence-electron chi connectivity index (χ1n) is 4.29. The van der Waals surface area contributed by atoms with Gasteiger partial charge in [-0.15, -0.1) is 0 Å². The number of hydrogen-bond donors (Lipinski definition) is 0. The molecule has 3 nitrogen and oxygen atoms in total. The van der Waals surface area contributed by atoms with Gasteiger partial charge in [-0.25, -0.2) is 4.39 Å². The van der Waals surface area contributed by atoms with Gasteiger partial charge in [-0.2, -0.15) is 0 Å². The van der Waals surface area contributed by atoms with Crippen molar-refractivity contribution in [3.63, 3.8) is 0 Å². The molecular formula is C10H9FO3. The van der Waals surface area contributed by atoms with Crippen LogP contribution in [0.1, 0.15) is 22.2 Å². The molecule has 0 N–H and O–H groups in total. The van der Waals surface area contributed by atoms with Crippen LogP contribution >= 0.6 is 0 Å². The highest BCUT2D eigenvalue weighted by molar-refractivity contribution is 5.75. The molecule has 0 spiro atoms. The average Bonchev–Trinajstić information content (AvgIpc) is 2.71. The molecule has 1 aromatic rings. The lowest BCUT2D eigenvalue weighted by atomic mass is 10.1. The summed E-state index contributed by atoms with van der Waals surface area (Å²) in [6.45, 7) is 0.908. The van der Waals surface area contributed by atoms with Crippen molar-refractivity contribution in [3.8, 4) is 0 Å². The topological polar surface area (TPSA) is 35.5 Å². The molecule has 0 unspecified atom stereocenters. The molecule has 1 aliphatic rings. The molecule has 0 saturated carbocycles. The van der Waals surface area contributed by atoms with Gasteiger partial charge in [0.25, 0.3) is 0 Å². The Hall–Kier alpha value is -1.26. The number of carbonyl (C=O) groups excluding carboxylic acids is 1. The summed E-state index contributed by atoms with van der Waals surface area (Å²) in [7, 11) is 0. The molecule has 1 aromatic carbocycles. The second-order valence-corrected chi connectivity index (χ2v) is 2.94. The molecule has 2 rings (SSSR count). The number of rotatable bonds is 2. The van der Waals surface area contributed by atoms with Crippen LogP contribution in [0.25, 0.3) is 0 Å². The molecule has 74 valence electrons. The number of carbonyl (C=O) groups is 1. The fourth-order valence-electron chi connectivity index (χ4n) is 1.38. The van der Waals surface area contributed by atoms with Gasteiger partial charge in [-0.05, 0) is 6.07 Å². The van der Waals surface area contributed by atoms with Crippen LogP contribution in [0.4, 0.5) is 4.39 Å². The monoisotopic (exact) mass is 196 g/mol. The van der Waals surface area contributed by atoms with E-state index in [1.165, 1.54) is 6.07 Å². The van der Waals surface area contributed by atoms with E-state index in [4.69, 9.17) is 9.47 Å². The normalized spacial score (nSPS) is 17.2. The van der Waals surface area contributed by atoms with Gasteiger partial charge in [-0.1, -0.05) is 12.1 Å². The van der Waals surface area contributed by atoms with Gasteiger partial charge in [0.1, 0.15) is 5.82 Å². The summed E-state index contributed by atoms with van der Waals surface area (Å²) in [5.41, 5.74) is 0.314. The fourth-order valence-corrected chi connectivity index (χ4v) is 1.38. The molecular weight excluding hydrogens is 187 g/mol. The summed E-state index contributed by atoms with van der Waals surface area (Å²) >= 11 is 0. The maximum Gasteiger partial charge on any atom is 0.186 e. The second-order valence-electron chi connectivity index (χ2n) is 2.94. The van der Waals surface area contributed by atoms with E-state index in [0.29, 0.717) is 19.5 Å². The highest BCUT2D eigenvalue weighted by Gasteiger charge is 2.22. The van der Waals surface area contributed by atoms with Gasteiger partial charge in [0.05, 0.1) is 18.8 Å². The minimum absolute atomic E-state index is 0.0293. The third-order valence-corrected chi connectivity index (χ3v) is 2.06. The van der Waals surface area contributed by atoms with Crippen molar-refractivity contribution in [2.75, 3.05) is 13.2 Å². The Morgan fingerprint density at radius 2 is 2.07 bits per heavy atom. The van der Waals surface area contributed by atoms with E-state index < -0.39 is 12.1 Å². The van der Waals surface area contributed by atoms with E-state index in [-0.39, 0.29) is 11.1 Å². The molecule has 14 heavy (non-hydrogen) atoms. The number of halogens is 1. The quantitative estimate of drug-likeness (QED) is 0.675. The Bertz CT molecular complexity index is 345. The minimum Gasteiger partial charge on any atom is -0.346 e. The summed E-state index contributed by atoms with van der Waals surface area (Å²) in [5, 5.41) is 0. The highest BCUT2D eigenvalue weighted by Crippen LogP contribution is 2.26. The third-order valence-electron chi connectivity index (χ3n) is 2.06. The van der Waals surface area contributed by atoms with Gasteiger partial charge in [0, 0.05) is 5.56 Å². The van der Waals surface area contributed by atoms with Crippen LogP contribution in [0.5, 0.6) is 0 Å². The van der Waals surface area contributed by atoms with Crippen molar-refractivity contribution in [1.29, 1.82) is 0 Å². The summed E-state index contributed by atoms with van der Waals surface area (Å²) in [5.74, 6) is -0.561. The Kier molecular flexibility index (Phi) is 2.56. The van der Waals surface area contributed by atoms with Gasteiger partial charge < -0.3 is 9.47 Å². The third kappa shape index (κ3) is 1.54. The van der Waals surface area contributed by atoms with Gasteiger partial charge in [0.15, 0.2) is 12.6 Å². The molecule has 0 amide bonds. The van der Waals surface area contributed by atoms with E-state index >= 15 is 0 Å². The van der Waals surface area contributed by atoms with Crippen LogP contribution < -0.4 is 0 Å². The van der Waals surface area contributed by atoms with Gasteiger partial charge in [-0.3, -0.25) is 4.79 Å². The predicted molar refractivity (Wildman–Crippen MR) is 46.4 cm³/mol. The van der Waals surface area contributed by atoms with E-state index in [1.54, 1.807) is 12.1 Å². The summed E-state index contributed by atoms with van der Waals surface area (Å²) in [4.78, 5) is 10.5. The molecule has 1 fully saturated rings. The van der Waals surface area contributed by atoms with Crippen LogP contribution in [0.3, 0.4) is 0 Å². The van der Waals surface area contributed by atoms with E-state index in [1.807, 2.05) is 0 Å². The number of hydrogen-bond acceptors (Lipinski definition) is 3. The maximum absolute atomic E-state index is 13.5. The molecule has 0 radical (unpaired) electrons. The largest absolute Gasteiger partial charge is 0.346 e.